The summed E-state index contributed by atoms with van der Waals surface area (Å²) in [6.07, 6.45) is 3.23. The van der Waals surface area contributed by atoms with Gasteiger partial charge in [0.25, 0.3) is 0 Å². The van der Waals surface area contributed by atoms with Gasteiger partial charge in [-0.1, -0.05) is 24.3 Å². The minimum atomic E-state index is -0.503. The number of alkyl halides is 1. The highest BCUT2D eigenvalue weighted by Crippen LogP contribution is 2.11. The fraction of sp³-hybridized carbons (Fsp3) is 0.375. The Labute approximate surface area is 135 Å². The lowest BCUT2D eigenvalue weighted by atomic mass is 10.2. The van der Waals surface area contributed by atoms with Crippen LogP contribution in [0.5, 0.6) is 0 Å². The molecule has 120 valence electrons. The molecule has 0 spiro atoms. The van der Waals surface area contributed by atoms with Crippen molar-refractivity contribution in [2.24, 2.45) is 0 Å². The molecule has 0 fully saturated rings. The number of halogens is 1. The number of anilines is 1. The molecule has 0 bridgehead atoms. The van der Waals surface area contributed by atoms with Crippen LogP contribution in [0.15, 0.2) is 30.3 Å². The monoisotopic (exact) mass is 324 g/mol. The average Bonchev–Trinajstić information content (AvgIpc) is 2.43. The van der Waals surface area contributed by atoms with Gasteiger partial charge in [-0.2, -0.15) is 0 Å². The molecule has 0 saturated heterocycles. The summed E-state index contributed by atoms with van der Waals surface area (Å²) in [5, 5.41) is 5.29. The van der Waals surface area contributed by atoms with Crippen LogP contribution >= 0.6 is 11.6 Å². The first-order valence-corrected chi connectivity index (χ1v) is 7.43. The minimum Gasteiger partial charge on any atom is -0.444 e. The summed E-state index contributed by atoms with van der Waals surface area (Å²) >= 11 is 5.42. The third-order valence-corrected chi connectivity index (χ3v) is 2.63. The van der Waals surface area contributed by atoms with Crippen molar-refractivity contribution in [2.45, 2.75) is 26.4 Å². The first-order chi connectivity index (χ1) is 10.3. The van der Waals surface area contributed by atoms with Crippen LogP contribution in [0.25, 0.3) is 6.08 Å². The lowest BCUT2D eigenvalue weighted by Gasteiger charge is -2.19. The fourth-order valence-electron chi connectivity index (χ4n) is 1.52. The molecule has 1 rings (SSSR count). The first-order valence-electron chi connectivity index (χ1n) is 6.89. The van der Waals surface area contributed by atoms with Gasteiger partial charge in [-0.15, -0.1) is 11.6 Å². The Morgan fingerprint density at radius 3 is 2.41 bits per heavy atom. The number of nitrogens with one attached hydrogen (secondary N) is 2. The predicted octanol–water partition coefficient (Wildman–Crippen LogP) is 3.40. The fourth-order valence-corrected chi connectivity index (χ4v) is 1.59. The Bertz CT molecular complexity index is 533. The van der Waals surface area contributed by atoms with Crippen LogP contribution in [0.4, 0.5) is 10.5 Å². The van der Waals surface area contributed by atoms with Gasteiger partial charge < -0.3 is 15.4 Å². The number of alkyl carbamates (subject to hydrolysis) is 1. The van der Waals surface area contributed by atoms with Crippen molar-refractivity contribution in [3.63, 3.8) is 0 Å². The third-order valence-electron chi connectivity index (χ3n) is 2.39. The molecule has 0 aliphatic carbocycles. The van der Waals surface area contributed by atoms with Crippen molar-refractivity contribution in [1.82, 2.24) is 5.32 Å². The van der Waals surface area contributed by atoms with E-state index in [2.05, 4.69) is 10.6 Å². The number of rotatable bonds is 5. The summed E-state index contributed by atoms with van der Waals surface area (Å²) in [5.41, 5.74) is 1.14. The lowest BCUT2D eigenvalue weighted by molar-refractivity contribution is -0.113. The molecule has 6 heteroatoms. The van der Waals surface area contributed by atoms with Gasteiger partial charge in [0, 0.05) is 12.2 Å². The number of carbonyl (C=O) groups excluding carboxylic acids is 2. The van der Waals surface area contributed by atoms with Crippen LogP contribution in [-0.2, 0) is 9.53 Å². The minimum absolute atomic E-state index is 0.0714. The van der Waals surface area contributed by atoms with Gasteiger partial charge >= 0.3 is 6.09 Å². The second kappa shape index (κ2) is 8.44. The summed E-state index contributed by atoms with van der Waals surface area (Å²) in [7, 11) is 0. The highest BCUT2D eigenvalue weighted by molar-refractivity contribution is 6.29. The molecule has 2 N–H and O–H groups in total. The van der Waals surface area contributed by atoms with Crippen LogP contribution in [0.3, 0.4) is 0 Å². The molecule has 22 heavy (non-hydrogen) atoms. The Morgan fingerprint density at radius 2 is 1.86 bits per heavy atom. The molecule has 0 aliphatic heterocycles. The van der Waals surface area contributed by atoms with E-state index in [1.807, 2.05) is 45.1 Å². The van der Waals surface area contributed by atoms with E-state index in [0.29, 0.717) is 12.2 Å². The van der Waals surface area contributed by atoms with Crippen molar-refractivity contribution in [2.75, 3.05) is 17.7 Å². The van der Waals surface area contributed by atoms with Gasteiger partial charge in [-0.05, 0) is 38.5 Å². The zero-order valence-electron chi connectivity index (χ0n) is 13.0. The smallest absolute Gasteiger partial charge is 0.407 e. The van der Waals surface area contributed by atoms with E-state index < -0.39 is 11.7 Å². The maximum atomic E-state index is 11.4. The summed E-state index contributed by atoms with van der Waals surface area (Å²) < 4.78 is 5.12. The Kier molecular flexibility index (Phi) is 6.92. The second-order valence-electron chi connectivity index (χ2n) is 5.59. The van der Waals surface area contributed by atoms with Gasteiger partial charge in [-0.3, -0.25) is 4.79 Å². The maximum absolute atomic E-state index is 11.4. The highest BCUT2D eigenvalue weighted by Gasteiger charge is 2.14. The van der Waals surface area contributed by atoms with Crippen molar-refractivity contribution < 1.29 is 14.3 Å². The molecule has 0 heterocycles. The molecular formula is C16H21ClN2O3. The van der Waals surface area contributed by atoms with E-state index in [1.165, 1.54) is 0 Å². The first kappa shape index (κ1) is 18.0. The summed E-state index contributed by atoms with van der Waals surface area (Å²) in [6.45, 7) is 5.81. The van der Waals surface area contributed by atoms with Crippen LogP contribution in [0, 0.1) is 0 Å². The number of ether oxygens (including phenoxy) is 1. The molecule has 0 radical (unpaired) electrons. The summed E-state index contributed by atoms with van der Waals surface area (Å²) in [6, 6.07) is 7.28. The van der Waals surface area contributed by atoms with E-state index in [0.717, 1.165) is 5.56 Å². The standard InChI is InChI=1S/C16H21ClN2O3/c1-16(2,3)22-15(21)18-10-4-5-12-6-8-13(9-7-12)19-14(20)11-17/h4-9H,10-11H2,1-3H3,(H,18,21)(H,19,20). The number of hydrogen-bond donors (Lipinski definition) is 2. The van der Waals surface area contributed by atoms with Gasteiger partial charge in [-0.25, -0.2) is 4.79 Å². The number of amides is 2. The molecule has 1 aromatic rings. The molecule has 5 nitrogen and oxygen atoms in total. The van der Waals surface area contributed by atoms with E-state index in [4.69, 9.17) is 16.3 Å². The van der Waals surface area contributed by atoms with Crippen molar-refractivity contribution in [3.05, 3.63) is 35.9 Å². The topological polar surface area (TPSA) is 67.4 Å². The zero-order valence-corrected chi connectivity index (χ0v) is 13.7. The SMILES string of the molecule is CC(C)(C)OC(=O)NCC=Cc1ccc(NC(=O)CCl)cc1. The second-order valence-corrected chi connectivity index (χ2v) is 5.86. The molecular weight excluding hydrogens is 304 g/mol. The number of carbonyl (C=O) groups is 2. The molecule has 0 atom stereocenters. The van der Waals surface area contributed by atoms with Crippen LogP contribution in [0.2, 0.25) is 0 Å². The normalized spacial score (nSPS) is 11.3. The Balaban J connectivity index is 2.40. The third kappa shape index (κ3) is 7.69. The van der Waals surface area contributed by atoms with Crippen LogP contribution < -0.4 is 10.6 Å². The average molecular weight is 325 g/mol. The van der Waals surface area contributed by atoms with Gasteiger partial charge in [0.15, 0.2) is 0 Å². The van der Waals surface area contributed by atoms with Crippen LogP contribution in [-0.4, -0.2) is 30.0 Å². The Morgan fingerprint density at radius 1 is 1.23 bits per heavy atom. The van der Waals surface area contributed by atoms with Crippen molar-refractivity contribution in [3.8, 4) is 0 Å². The molecule has 0 saturated carbocycles. The molecule has 0 aliphatic rings. The summed E-state index contributed by atoms with van der Waals surface area (Å²) in [5.74, 6) is -0.315. The van der Waals surface area contributed by atoms with Crippen LogP contribution in [0.1, 0.15) is 26.3 Å². The quantitative estimate of drug-likeness (QED) is 0.816. The van der Waals surface area contributed by atoms with E-state index in [9.17, 15) is 9.59 Å². The maximum Gasteiger partial charge on any atom is 0.407 e. The molecule has 0 unspecified atom stereocenters. The van der Waals surface area contributed by atoms with Crippen molar-refractivity contribution in [1.29, 1.82) is 0 Å². The number of benzene rings is 1. The number of hydrogen-bond acceptors (Lipinski definition) is 3. The van der Waals surface area contributed by atoms with Gasteiger partial charge in [0.2, 0.25) is 5.91 Å². The zero-order chi connectivity index (χ0) is 16.6. The molecule has 2 amide bonds. The van der Waals surface area contributed by atoms with Gasteiger partial charge in [0.05, 0.1) is 0 Å². The largest absolute Gasteiger partial charge is 0.444 e. The Hall–Kier alpha value is -2.01. The lowest BCUT2D eigenvalue weighted by Crippen LogP contribution is -2.32. The van der Waals surface area contributed by atoms with Crippen molar-refractivity contribution >= 4 is 35.4 Å². The molecule has 1 aromatic carbocycles. The highest BCUT2D eigenvalue weighted by atomic mass is 35.5. The molecule has 0 aromatic heterocycles. The van der Waals surface area contributed by atoms with Gasteiger partial charge in [0.1, 0.15) is 11.5 Å². The summed E-state index contributed by atoms with van der Waals surface area (Å²) in [4.78, 5) is 22.6. The van der Waals surface area contributed by atoms with E-state index in [-0.39, 0.29) is 11.8 Å². The predicted molar refractivity (Wildman–Crippen MR) is 89.1 cm³/mol. The van der Waals surface area contributed by atoms with E-state index >= 15 is 0 Å². The van der Waals surface area contributed by atoms with E-state index in [1.54, 1.807) is 12.1 Å².